The largest absolute Gasteiger partial charge is 0.433 e. The summed E-state index contributed by atoms with van der Waals surface area (Å²) in [5, 5.41) is 11.2. The first-order valence-electron chi connectivity index (χ1n) is 4.32. The number of aromatic nitrogens is 1. The molecule has 1 N–H and O–H groups in total. The summed E-state index contributed by atoms with van der Waals surface area (Å²) in [6, 6.07) is 3.62. The van der Waals surface area contributed by atoms with Gasteiger partial charge in [0.1, 0.15) is 17.6 Å². The third-order valence-corrected chi connectivity index (χ3v) is 1.72. The van der Waals surface area contributed by atoms with Gasteiger partial charge in [0.25, 0.3) is 0 Å². The van der Waals surface area contributed by atoms with Gasteiger partial charge >= 0.3 is 6.18 Å². The maximum Gasteiger partial charge on any atom is 0.433 e. The first kappa shape index (κ1) is 12.0. The molecule has 1 aromatic heterocycles. The Morgan fingerprint density at radius 3 is 2.69 bits per heavy atom. The predicted molar refractivity (Wildman–Crippen MR) is 52.6 cm³/mol. The highest BCUT2D eigenvalue weighted by molar-refractivity contribution is 5.52. The van der Waals surface area contributed by atoms with E-state index in [2.05, 4.69) is 16.9 Å². The van der Waals surface area contributed by atoms with Crippen LogP contribution in [0, 0.1) is 11.3 Å². The highest BCUT2D eigenvalue weighted by atomic mass is 19.4. The maximum absolute atomic E-state index is 12.3. The van der Waals surface area contributed by atoms with Crippen LogP contribution >= 0.6 is 0 Å². The molecule has 0 spiro atoms. The van der Waals surface area contributed by atoms with Crippen LogP contribution < -0.4 is 5.32 Å². The number of anilines is 1. The first-order chi connectivity index (χ1) is 7.49. The number of hydrogen-bond acceptors (Lipinski definition) is 3. The van der Waals surface area contributed by atoms with Crippen molar-refractivity contribution >= 4 is 5.82 Å². The van der Waals surface area contributed by atoms with Crippen LogP contribution in [0.2, 0.25) is 0 Å². The third-order valence-electron chi connectivity index (χ3n) is 1.72. The minimum absolute atomic E-state index is 0.0647. The molecule has 3 nitrogen and oxygen atoms in total. The Labute approximate surface area is 90.2 Å². The average molecular weight is 227 g/mol. The molecular weight excluding hydrogens is 219 g/mol. The smallest absolute Gasteiger partial charge is 0.366 e. The van der Waals surface area contributed by atoms with Crippen molar-refractivity contribution in [3.8, 4) is 6.07 Å². The van der Waals surface area contributed by atoms with Crippen LogP contribution in [-0.2, 0) is 6.18 Å². The second kappa shape index (κ2) is 4.66. The minimum Gasteiger partial charge on any atom is -0.366 e. The van der Waals surface area contributed by atoms with Gasteiger partial charge in [-0.2, -0.15) is 18.4 Å². The minimum atomic E-state index is -4.52. The highest BCUT2D eigenvalue weighted by Crippen LogP contribution is 2.29. The fourth-order valence-electron chi connectivity index (χ4n) is 1.01. The number of halogens is 3. The Kier molecular flexibility index (Phi) is 3.51. The molecule has 1 aromatic rings. The van der Waals surface area contributed by atoms with Gasteiger partial charge in [-0.3, -0.25) is 0 Å². The van der Waals surface area contributed by atoms with Crippen molar-refractivity contribution in [2.24, 2.45) is 0 Å². The zero-order chi connectivity index (χ0) is 12.2. The number of alkyl halides is 3. The number of pyridine rings is 1. The molecule has 0 aliphatic carbocycles. The quantitative estimate of drug-likeness (QED) is 0.807. The Bertz CT molecular complexity index is 432. The molecule has 16 heavy (non-hydrogen) atoms. The van der Waals surface area contributed by atoms with E-state index < -0.39 is 11.9 Å². The van der Waals surface area contributed by atoms with Crippen LogP contribution in [0.4, 0.5) is 19.0 Å². The van der Waals surface area contributed by atoms with E-state index in [0.717, 1.165) is 12.1 Å². The lowest BCUT2D eigenvalue weighted by Gasteiger charge is -2.09. The molecule has 1 heterocycles. The summed E-state index contributed by atoms with van der Waals surface area (Å²) in [4.78, 5) is 3.35. The summed E-state index contributed by atoms with van der Waals surface area (Å²) in [5.41, 5.74) is -0.965. The summed E-state index contributed by atoms with van der Waals surface area (Å²) < 4.78 is 37.0. The Balaban J connectivity index is 3.12. The van der Waals surface area contributed by atoms with Crippen LogP contribution in [-0.4, -0.2) is 11.5 Å². The van der Waals surface area contributed by atoms with E-state index in [0.29, 0.717) is 0 Å². The first-order valence-corrected chi connectivity index (χ1v) is 4.32. The summed E-state index contributed by atoms with van der Waals surface area (Å²) in [6.07, 6.45) is -3.05. The topological polar surface area (TPSA) is 48.7 Å². The van der Waals surface area contributed by atoms with E-state index in [1.807, 2.05) is 0 Å². The second-order valence-electron chi connectivity index (χ2n) is 2.87. The van der Waals surface area contributed by atoms with Gasteiger partial charge in [-0.1, -0.05) is 6.08 Å². The van der Waals surface area contributed by atoms with Crippen molar-refractivity contribution in [2.45, 2.75) is 6.18 Å². The molecule has 0 bridgehead atoms. The Morgan fingerprint density at radius 1 is 1.50 bits per heavy atom. The Hall–Kier alpha value is -2.03. The van der Waals surface area contributed by atoms with Gasteiger partial charge in [-0.25, -0.2) is 4.98 Å². The normalized spacial score (nSPS) is 10.6. The molecule has 0 atom stereocenters. The van der Waals surface area contributed by atoms with Crippen molar-refractivity contribution in [3.05, 3.63) is 36.0 Å². The number of nitriles is 1. The van der Waals surface area contributed by atoms with Crippen LogP contribution in [0.25, 0.3) is 0 Å². The molecule has 0 aromatic carbocycles. The summed E-state index contributed by atoms with van der Waals surface area (Å²) >= 11 is 0. The van der Waals surface area contributed by atoms with E-state index in [-0.39, 0.29) is 17.9 Å². The Morgan fingerprint density at radius 2 is 2.19 bits per heavy atom. The molecule has 1 rings (SSSR count). The van der Waals surface area contributed by atoms with E-state index in [1.54, 1.807) is 6.07 Å². The third kappa shape index (κ3) is 2.73. The zero-order valence-corrected chi connectivity index (χ0v) is 8.17. The van der Waals surface area contributed by atoms with Gasteiger partial charge in [0, 0.05) is 6.54 Å². The van der Waals surface area contributed by atoms with Gasteiger partial charge in [0.05, 0.1) is 5.56 Å². The van der Waals surface area contributed by atoms with E-state index in [1.165, 1.54) is 6.08 Å². The van der Waals surface area contributed by atoms with Gasteiger partial charge in [0.2, 0.25) is 0 Å². The summed E-state index contributed by atoms with van der Waals surface area (Å²) in [5.74, 6) is -0.0859. The molecule has 0 aliphatic rings. The molecule has 0 fully saturated rings. The van der Waals surface area contributed by atoms with Crippen molar-refractivity contribution in [1.29, 1.82) is 5.26 Å². The monoisotopic (exact) mass is 227 g/mol. The number of rotatable bonds is 3. The van der Waals surface area contributed by atoms with Crippen molar-refractivity contribution in [1.82, 2.24) is 4.98 Å². The lowest BCUT2D eigenvalue weighted by Crippen LogP contribution is -2.11. The van der Waals surface area contributed by atoms with E-state index in [4.69, 9.17) is 5.26 Å². The standard InChI is InChI=1S/C10H8F3N3/c1-2-5-15-9-7(6-14)3-4-8(16-9)10(11,12)13/h2-4H,1,5H2,(H,15,16). The highest BCUT2D eigenvalue weighted by Gasteiger charge is 2.33. The van der Waals surface area contributed by atoms with Crippen LogP contribution in [0.15, 0.2) is 24.8 Å². The molecule has 6 heteroatoms. The van der Waals surface area contributed by atoms with Gasteiger partial charge in [0.15, 0.2) is 0 Å². The molecule has 0 saturated heterocycles. The second-order valence-corrected chi connectivity index (χ2v) is 2.87. The molecule has 0 amide bonds. The molecule has 0 saturated carbocycles. The van der Waals surface area contributed by atoms with Gasteiger partial charge in [-0.05, 0) is 12.1 Å². The van der Waals surface area contributed by atoms with E-state index in [9.17, 15) is 13.2 Å². The predicted octanol–water partition coefficient (Wildman–Crippen LogP) is 2.57. The molecule has 0 aliphatic heterocycles. The summed E-state index contributed by atoms with van der Waals surface area (Å²) in [7, 11) is 0. The van der Waals surface area contributed by atoms with Gasteiger partial charge in [-0.15, -0.1) is 6.58 Å². The van der Waals surface area contributed by atoms with Crippen LogP contribution in [0.1, 0.15) is 11.3 Å². The molecule has 0 radical (unpaired) electrons. The van der Waals surface area contributed by atoms with E-state index >= 15 is 0 Å². The SMILES string of the molecule is C=CCNc1nc(C(F)(F)F)ccc1C#N. The van der Waals surface area contributed by atoms with Crippen LogP contribution in [0.5, 0.6) is 0 Å². The summed E-state index contributed by atoms with van der Waals surface area (Å²) in [6.45, 7) is 3.65. The number of nitrogens with one attached hydrogen (secondary N) is 1. The fourth-order valence-corrected chi connectivity index (χ4v) is 1.01. The zero-order valence-electron chi connectivity index (χ0n) is 8.17. The number of nitrogens with zero attached hydrogens (tertiary/aromatic N) is 2. The van der Waals surface area contributed by atoms with Crippen molar-refractivity contribution < 1.29 is 13.2 Å². The molecular formula is C10H8F3N3. The number of hydrogen-bond donors (Lipinski definition) is 1. The molecule has 84 valence electrons. The maximum atomic E-state index is 12.3. The lowest BCUT2D eigenvalue weighted by atomic mass is 10.2. The van der Waals surface area contributed by atoms with Gasteiger partial charge < -0.3 is 5.32 Å². The fraction of sp³-hybridized carbons (Fsp3) is 0.200. The van der Waals surface area contributed by atoms with Crippen molar-refractivity contribution in [2.75, 3.05) is 11.9 Å². The average Bonchev–Trinajstić information content (AvgIpc) is 2.24. The molecule has 0 unspecified atom stereocenters. The van der Waals surface area contributed by atoms with Crippen LogP contribution in [0.3, 0.4) is 0 Å². The lowest BCUT2D eigenvalue weighted by molar-refractivity contribution is -0.141. The van der Waals surface area contributed by atoms with Crippen molar-refractivity contribution in [3.63, 3.8) is 0 Å².